The van der Waals surface area contributed by atoms with Crippen molar-refractivity contribution >= 4 is 11.9 Å². The largest absolute Gasteiger partial charge is 0.463 e. The third-order valence-electron chi connectivity index (χ3n) is 2.48. The summed E-state index contributed by atoms with van der Waals surface area (Å²) in [5, 5.41) is 0. The first-order valence-electron chi connectivity index (χ1n) is 6.74. The Balaban J connectivity index is 4.09. The summed E-state index contributed by atoms with van der Waals surface area (Å²) in [5.41, 5.74) is 0.510. The van der Waals surface area contributed by atoms with E-state index >= 15 is 0 Å². The summed E-state index contributed by atoms with van der Waals surface area (Å²) >= 11 is 0. The van der Waals surface area contributed by atoms with Gasteiger partial charge in [0.15, 0.2) is 0 Å². The van der Waals surface area contributed by atoms with Gasteiger partial charge >= 0.3 is 11.9 Å². The van der Waals surface area contributed by atoms with E-state index < -0.39 is 11.9 Å². The zero-order valence-electron chi connectivity index (χ0n) is 12.2. The van der Waals surface area contributed by atoms with Crippen molar-refractivity contribution in [1.29, 1.82) is 0 Å². The molecule has 0 bridgehead atoms. The van der Waals surface area contributed by atoms with Crippen LogP contribution in [0.3, 0.4) is 0 Å². The van der Waals surface area contributed by atoms with Crippen molar-refractivity contribution in [3.63, 3.8) is 0 Å². The third-order valence-corrected chi connectivity index (χ3v) is 2.48. The maximum atomic E-state index is 11.6. The van der Waals surface area contributed by atoms with E-state index in [4.69, 9.17) is 9.47 Å². The highest BCUT2D eigenvalue weighted by molar-refractivity contribution is 5.95. The molecule has 0 N–H and O–H groups in total. The fraction of sp³-hybridized carbons (Fsp3) is 0.600. The lowest BCUT2D eigenvalue weighted by Crippen LogP contribution is -2.10. The zero-order valence-corrected chi connectivity index (χ0v) is 12.2. The van der Waals surface area contributed by atoms with E-state index in [1.165, 1.54) is 6.08 Å². The fourth-order valence-electron chi connectivity index (χ4n) is 1.41. The lowest BCUT2D eigenvalue weighted by molar-refractivity contribution is -0.138. The van der Waals surface area contributed by atoms with Crippen molar-refractivity contribution in [3.8, 4) is 0 Å². The molecule has 0 fully saturated rings. The molecule has 4 heteroatoms. The lowest BCUT2D eigenvalue weighted by Gasteiger charge is -2.05. The second-order valence-corrected chi connectivity index (χ2v) is 4.27. The molecule has 0 radical (unpaired) electrons. The molecule has 0 saturated heterocycles. The van der Waals surface area contributed by atoms with E-state index in [0.29, 0.717) is 18.8 Å². The minimum absolute atomic E-state index is 0.168. The topological polar surface area (TPSA) is 52.6 Å². The van der Waals surface area contributed by atoms with Gasteiger partial charge in [-0.2, -0.15) is 0 Å². The molecule has 0 saturated carbocycles. The fourth-order valence-corrected chi connectivity index (χ4v) is 1.41. The first kappa shape index (κ1) is 17.4. The number of esters is 2. The highest BCUT2D eigenvalue weighted by atomic mass is 16.5. The van der Waals surface area contributed by atoms with Gasteiger partial charge in [0.1, 0.15) is 0 Å². The molecular weight excluding hydrogens is 244 g/mol. The van der Waals surface area contributed by atoms with Crippen molar-refractivity contribution in [2.45, 2.75) is 46.5 Å². The number of rotatable bonds is 9. The molecule has 0 aromatic heterocycles. The van der Waals surface area contributed by atoms with Crippen LogP contribution in [0.4, 0.5) is 0 Å². The van der Waals surface area contributed by atoms with Crippen molar-refractivity contribution in [2.24, 2.45) is 0 Å². The van der Waals surface area contributed by atoms with Crippen LogP contribution in [-0.4, -0.2) is 25.2 Å². The smallest absolute Gasteiger partial charge is 0.337 e. The molecule has 108 valence electrons. The van der Waals surface area contributed by atoms with Crippen LogP contribution >= 0.6 is 0 Å². The van der Waals surface area contributed by atoms with Gasteiger partial charge in [-0.25, -0.2) is 9.59 Å². The number of carbonyl (C=O) groups excluding carboxylic acids is 2. The van der Waals surface area contributed by atoms with Gasteiger partial charge in [0.2, 0.25) is 0 Å². The molecule has 0 atom stereocenters. The monoisotopic (exact) mass is 268 g/mol. The molecule has 0 unspecified atom stereocenters. The van der Waals surface area contributed by atoms with Gasteiger partial charge in [0.05, 0.1) is 18.8 Å². The van der Waals surface area contributed by atoms with Crippen LogP contribution in [0.2, 0.25) is 0 Å². The predicted molar refractivity (Wildman–Crippen MR) is 74.6 cm³/mol. The lowest BCUT2D eigenvalue weighted by atomic mass is 10.2. The zero-order chi connectivity index (χ0) is 14.7. The SMILES string of the molecule is C=C(/C=C(\C)C(=O)OCC)C(=O)OCCCCCC. The number of hydrogen-bond donors (Lipinski definition) is 0. The first-order chi connectivity index (χ1) is 9.02. The summed E-state index contributed by atoms with van der Waals surface area (Å²) in [6.07, 6.45) is 5.58. The second kappa shape index (κ2) is 10.4. The maximum Gasteiger partial charge on any atom is 0.337 e. The van der Waals surface area contributed by atoms with E-state index in [9.17, 15) is 9.59 Å². The summed E-state index contributed by atoms with van der Waals surface area (Å²) in [6, 6.07) is 0. The highest BCUT2D eigenvalue weighted by Crippen LogP contribution is 2.06. The Labute approximate surface area is 115 Å². The van der Waals surface area contributed by atoms with E-state index in [-0.39, 0.29) is 5.57 Å². The normalized spacial score (nSPS) is 11.0. The Bertz CT molecular complexity index is 342. The average molecular weight is 268 g/mol. The maximum absolute atomic E-state index is 11.6. The van der Waals surface area contributed by atoms with Crippen LogP contribution in [0.1, 0.15) is 46.5 Å². The predicted octanol–water partition coefficient (Wildman–Crippen LogP) is 3.18. The highest BCUT2D eigenvalue weighted by Gasteiger charge is 2.10. The summed E-state index contributed by atoms with van der Waals surface area (Å²) in [5.74, 6) is -0.931. The Morgan fingerprint density at radius 3 is 2.32 bits per heavy atom. The van der Waals surface area contributed by atoms with Gasteiger partial charge in [-0.3, -0.25) is 0 Å². The van der Waals surface area contributed by atoms with E-state index in [0.717, 1.165) is 25.7 Å². The van der Waals surface area contributed by atoms with Crippen molar-refractivity contribution in [3.05, 3.63) is 23.8 Å². The molecule has 0 aromatic rings. The molecule has 4 nitrogen and oxygen atoms in total. The molecule has 0 aromatic carbocycles. The standard InChI is InChI=1S/C15H24O4/c1-5-7-8-9-10-19-15(17)13(4)11-12(3)14(16)18-6-2/h11H,4-10H2,1-3H3/b12-11+. The minimum Gasteiger partial charge on any atom is -0.463 e. The molecule has 19 heavy (non-hydrogen) atoms. The summed E-state index contributed by atoms with van der Waals surface area (Å²) in [6.45, 7) is 9.72. The van der Waals surface area contributed by atoms with Gasteiger partial charge in [0.25, 0.3) is 0 Å². The van der Waals surface area contributed by atoms with E-state index in [1.54, 1.807) is 13.8 Å². The average Bonchev–Trinajstić information content (AvgIpc) is 2.38. The number of hydrogen-bond acceptors (Lipinski definition) is 4. The van der Waals surface area contributed by atoms with Gasteiger partial charge in [0, 0.05) is 5.57 Å². The summed E-state index contributed by atoms with van der Waals surface area (Å²) in [4.78, 5) is 22.9. The van der Waals surface area contributed by atoms with Crippen molar-refractivity contribution in [2.75, 3.05) is 13.2 Å². The van der Waals surface area contributed by atoms with Crippen molar-refractivity contribution < 1.29 is 19.1 Å². The van der Waals surface area contributed by atoms with Crippen LogP contribution in [0.15, 0.2) is 23.8 Å². The molecule has 0 amide bonds. The Hall–Kier alpha value is -1.58. The van der Waals surface area contributed by atoms with Crippen LogP contribution in [-0.2, 0) is 19.1 Å². The molecule has 0 rings (SSSR count). The second-order valence-electron chi connectivity index (χ2n) is 4.27. The number of ether oxygens (including phenoxy) is 2. The minimum atomic E-state index is -0.486. The first-order valence-corrected chi connectivity index (χ1v) is 6.74. The van der Waals surface area contributed by atoms with Crippen LogP contribution < -0.4 is 0 Å². The Morgan fingerprint density at radius 2 is 1.74 bits per heavy atom. The number of carbonyl (C=O) groups is 2. The van der Waals surface area contributed by atoms with E-state index in [1.807, 2.05) is 0 Å². The van der Waals surface area contributed by atoms with Gasteiger partial charge < -0.3 is 9.47 Å². The van der Waals surface area contributed by atoms with Crippen LogP contribution in [0.25, 0.3) is 0 Å². The number of unbranched alkanes of at least 4 members (excludes halogenated alkanes) is 3. The van der Waals surface area contributed by atoms with Crippen molar-refractivity contribution in [1.82, 2.24) is 0 Å². The molecule has 0 aliphatic rings. The Kier molecular flexibility index (Phi) is 9.49. The summed E-state index contributed by atoms with van der Waals surface area (Å²) < 4.78 is 9.87. The van der Waals surface area contributed by atoms with Gasteiger partial charge in [-0.1, -0.05) is 32.8 Å². The van der Waals surface area contributed by atoms with E-state index in [2.05, 4.69) is 13.5 Å². The molecule has 0 aliphatic carbocycles. The molecular formula is C15H24O4. The molecule has 0 heterocycles. The van der Waals surface area contributed by atoms with Crippen LogP contribution in [0, 0.1) is 0 Å². The van der Waals surface area contributed by atoms with Gasteiger partial charge in [-0.05, 0) is 26.3 Å². The quantitative estimate of drug-likeness (QED) is 0.279. The molecule has 0 aliphatic heterocycles. The van der Waals surface area contributed by atoms with Crippen LogP contribution in [0.5, 0.6) is 0 Å². The Morgan fingerprint density at radius 1 is 1.05 bits per heavy atom. The molecule has 0 spiro atoms. The van der Waals surface area contributed by atoms with Gasteiger partial charge in [-0.15, -0.1) is 0 Å². The summed E-state index contributed by atoms with van der Waals surface area (Å²) in [7, 11) is 0. The third kappa shape index (κ3) is 8.19.